The summed E-state index contributed by atoms with van der Waals surface area (Å²) in [7, 11) is 0. The summed E-state index contributed by atoms with van der Waals surface area (Å²) in [5, 5.41) is 7.05. The van der Waals surface area contributed by atoms with Crippen LogP contribution in [0.3, 0.4) is 0 Å². The number of halogens is 1. The van der Waals surface area contributed by atoms with Gasteiger partial charge in [0.25, 0.3) is 0 Å². The maximum Gasteiger partial charge on any atom is 0.222 e. The van der Waals surface area contributed by atoms with Crippen LogP contribution in [0.25, 0.3) is 0 Å². The van der Waals surface area contributed by atoms with Gasteiger partial charge in [-0.05, 0) is 43.5 Å². The van der Waals surface area contributed by atoms with Crippen molar-refractivity contribution in [3.63, 3.8) is 0 Å². The summed E-state index contributed by atoms with van der Waals surface area (Å²) >= 11 is 5.92. The number of rotatable bonds is 2. The number of anilines is 1. The quantitative estimate of drug-likeness (QED) is 0.850. The van der Waals surface area contributed by atoms with Gasteiger partial charge in [-0.15, -0.1) is 0 Å². The molecule has 1 aliphatic heterocycles. The Morgan fingerprint density at radius 2 is 2.29 bits per heavy atom. The maximum atomic E-state index is 11.5. The normalized spacial score (nSPS) is 20.6. The Labute approximate surface area is 107 Å². The van der Waals surface area contributed by atoms with E-state index in [1.54, 1.807) is 0 Å². The van der Waals surface area contributed by atoms with E-state index in [-0.39, 0.29) is 11.9 Å². The van der Waals surface area contributed by atoms with Crippen LogP contribution in [-0.2, 0) is 4.79 Å². The van der Waals surface area contributed by atoms with E-state index in [9.17, 15) is 4.79 Å². The molecule has 2 N–H and O–H groups in total. The van der Waals surface area contributed by atoms with Crippen LogP contribution < -0.4 is 10.6 Å². The first-order valence-electron chi connectivity index (χ1n) is 5.94. The number of hydrogen-bond donors (Lipinski definition) is 2. The Bertz CT molecular complexity index is 420. The monoisotopic (exact) mass is 252 g/mol. The highest BCUT2D eigenvalue weighted by Gasteiger charge is 2.17. The molecule has 1 saturated heterocycles. The number of hydrogen-bond acceptors (Lipinski definition) is 2. The Balaban J connectivity index is 2.06. The smallest absolute Gasteiger partial charge is 0.222 e. The molecule has 17 heavy (non-hydrogen) atoms. The molecule has 0 bridgehead atoms. The zero-order valence-electron chi connectivity index (χ0n) is 9.92. The van der Waals surface area contributed by atoms with Gasteiger partial charge < -0.3 is 10.6 Å². The second-order valence-corrected chi connectivity index (χ2v) is 4.93. The molecule has 0 aliphatic carbocycles. The fraction of sp³-hybridized carbons (Fsp3) is 0.462. The molecule has 1 aromatic carbocycles. The van der Waals surface area contributed by atoms with Crippen LogP contribution >= 0.6 is 11.6 Å². The molecular formula is C13H17ClN2O. The minimum absolute atomic E-state index is 0.131. The molecule has 0 spiro atoms. The van der Waals surface area contributed by atoms with Crippen LogP contribution in [0.5, 0.6) is 0 Å². The van der Waals surface area contributed by atoms with Gasteiger partial charge in [-0.25, -0.2) is 0 Å². The first kappa shape index (κ1) is 12.2. The van der Waals surface area contributed by atoms with Gasteiger partial charge in [-0.1, -0.05) is 11.6 Å². The van der Waals surface area contributed by atoms with Crippen molar-refractivity contribution in [2.45, 2.75) is 32.2 Å². The molecule has 92 valence electrons. The summed E-state index contributed by atoms with van der Waals surface area (Å²) in [5.74, 6) is 0.131. The summed E-state index contributed by atoms with van der Waals surface area (Å²) in [5.41, 5.74) is 2.18. The highest BCUT2D eigenvalue weighted by atomic mass is 35.5. The van der Waals surface area contributed by atoms with Gasteiger partial charge in [-0.3, -0.25) is 4.79 Å². The summed E-state index contributed by atoms with van der Waals surface area (Å²) in [6.45, 7) is 2.81. The predicted molar refractivity (Wildman–Crippen MR) is 70.5 cm³/mol. The second-order valence-electron chi connectivity index (χ2n) is 4.50. The van der Waals surface area contributed by atoms with E-state index in [0.717, 1.165) is 35.7 Å². The Hall–Kier alpha value is -1.22. The highest BCUT2D eigenvalue weighted by molar-refractivity contribution is 6.30. The molecule has 0 saturated carbocycles. The molecule has 1 aliphatic rings. The lowest BCUT2D eigenvalue weighted by atomic mass is 10.1. The van der Waals surface area contributed by atoms with E-state index in [4.69, 9.17) is 11.6 Å². The number of nitrogens with one attached hydrogen (secondary N) is 2. The zero-order chi connectivity index (χ0) is 12.3. The number of amides is 1. The average Bonchev–Trinajstić information content (AvgIpc) is 2.47. The molecule has 0 aromatic heterocycles. The van der Waals surface area contributed by atoms with Crippen molar-refractivity contribution in [1.29, 1.82) is 0 Å². The van der Waals surface area contributed by atoms with E-state index < -0.39 is 0 Å². The molecule has 4 heteroatoms. The van der Waals surface area contributed by atoms with E-state index in [0.29, 0.717) is 6.42 Å². The van der Waals surface area contributed by atoms with Gasteiger partial charge in [0, 0.05) is 29.7 Å². The molecule has 1 amide bonds. The lowest BCUT2D eigenvalue weighted by Crippen LogP contribution is -2.27. The van der Waals surface area contributed by atoms with Gasteiger partial charge in [0.05, 0.1) is 0 Å². The fourth-order valence-corrected chi connectivity index (χ4v) is 2.33. The summed E-state index contributed by atoms with van der Waals surface area (Å²) < 4.78 is 0. The average molecular weight is 253 g/mol. The van der Waals surface area contributed by atoms with Crippen molar-refractivity contribution in [2.24, 2.45) is 0 Å². The Kier molecular flexibility index (Phi) is 3.89. The lowest BCUT2D eigenvalue weighted by Gasteiger charge is -2.18. The molecule has 1 fully saturated rings. The van der Waals surface area contributed by atoms with Gasteiger partial charge in [0.15, 0.2) is 0 Å². The van der Waals surface area contributed by atoms with Crippen molar-refractivity contribution < 1.29 is 4.79 Å². The van der Waals surface area contributed by atoms with E-state index in [1.165, 1.54) is 0 Å². The number of aryl methyl sites for hydroxylation is 1. The topological polar surface area (TPSA) is 41.1 Å². The number of benzene rings is 1. The van der Waals surface area contributed by atoms with E-state index >= 15 is 0 Å². The second kappa shape index (κ2) is 5.41. The van der Waals surface area contributed by atoms with Crippen LogP contribution in [0, 0.1) is 6.92 Å². The third-order valence-electron chi connectivity index (χ3n) is 3.03. The van der Waals surface area contributed by atoms with Crippen LogP contribution in [-0.4, -0.2) is 18.5 Å². The van der Waals surface area contributed by atoms with Gasteiger partial charge in [0.1, 0.15) is 0 Å². The summed E-state index contributed by atoms with van der Waals surface area (Å²) in [6.07, 6.45) is 2.58. The van der Waals surface area contributed by atoms with Crippen molar-refractivity contribution >= 4 is 23.2 Å². The first-order valence-corrected chi connectivity index (χ1v) is 6.32. The SMILES string of the molecule is Cc1cc(Cl)ccc1NC1CCCNC(=O)C1. The molecule has 1 aromatic rings. The van der Waals surface area contributed by atoms with Gasteiger partial charge in [-0.2, -0.15) is 0 Å². The zero-order valence-corrected chi connectivity index (χ0v) is 10.7. The van der Waals surface area contributed by atoms with Crippen LogP contribution in [0.1, 0.15) is 24.8 Å². The third kappa shape index (κ3) is 3.37. The molecular weight excluding hydrogens is 236 g/mol. The summed E-state index contributed by atoms with van der Waals surface area (Å²) in [4.78, 5) is 11.5. The highest BCUT2D eigenvalue weighted by Crippen LogP contribution is 2.22. The van der Waals surface area contributed by atoms with Crippen LogP contribution in [0.15, 0.2) is 18.2 Å². The standard InChI is InChI=1S/C13H17ClN2O/c1-9-7-10(14)4-5-12(9)16-11-3-2-6-15-13(17)8-11/h4-5,7,11,16H,2-3,6,8H2,1H3,(H,15,17). The molecule has 1 atom stereocenters. The molecule has 2 rings (SSSR count). The largest absolute Gasteiger partial charge is 0.382 e. The van der Waals surface area contributed by atoms with Crippen molar-refractivity contribution in [3.8, 4) is 0 Å². The maximum absolute atomic E-state index is 11.5. The van der Waals surface area contributed by atoms with Crippen molar-refractivity contribution in [2.75, 3.05) is 11.9 Å². The molecule has 3 nitrogen and oxygen atoms in total. The third-order valence-corrected chi connectivity index (χ3v) is 3.27. The van der Waals surface area contributed by atoms with Gasteiger partial charge in [0.2, 0.25) is 5.91 Å². The lowest BCUT2D eigenvalue weighted by molar-refractivity contribution is -0.120. The fourth-order valence-electron chi connectivity index (χ4n) is 2.11. The minimum atomic E-state index is 0.131. The Morgan fingerprint density at radius 1 is 1.47 bits per heavy atom. The van der Waals surface area contributed by atoms with E-state index in [1.807, 2.05) is 25.1 Å². The van der Waals surface area contributed by atoms with Crippen molar-refractivity contribution in [1.82, 2.24) is 5.32 Å². The summed E-state index contributed by atoms with van der Waals surface area (Å²) in [6, 6.07) is 5.99. The minimum Gasteiger partial charge on any atom is -0.382 e. The van der Waals surface area contributed by atoms with E-state index in [2.05, 4.69) is 10.6 Å². The molecule has 0 radical (unpaired) electrons. The van der Waals surface area contributed by atoms with Crippen LogP contribution in [0.4, 0.5) is 5.69 Å². The van der Waals surface area contributed by atoms with Gasteiger partial charge >= 0.3 is 0 Å². The first-order chi connectivity index (χ1) is 8.15. The number of carbonyl (C=O) groups is 1. The van der Waals surface area contributed by atoms with Crippen LogP contribution in [0.2, 0.25) is 5.02 Å². The predicted octanol–water partition coefficient (Wildman–Crippen LogP) is 2.73. The number of carbonyl (C=O) groups excluding carboxylic acids is 1. The van der Waals surface area contributed by atoms with Crippen molar-refractivity contribution in [3.05, 3.63) is 28.8 Å². The molecule has 1 unspecified atom stereocenters. The Morgan fingerprint density at radius 3 is 3.06 bits per heavy atom. The molecule has 1 heterocycles.